The lowest BCUT2D eigenvalue weighted by Gasteiger charge is -2.43. The molecule has 0 radical (unpaired) electrons. The zero-order valence-electron chi connectivity index (χ0n) is 15.4. The SMILES string of the molecule is O=C(CSC(=S)N1C[C@H]2C[C@H](C1)c1cccc(=O)n1C2)Nc1ccc(Cl)cc1F. The summed E-state index contributed by atoms with van der Waals surface area (Å²) in [6, 6.07) is 9.53. The van der Waals surface area contributed by atoms with Crippen molar-refractivity contribution in [1.82, 2.24) is 9.47 Å². The van der Waals surface area contributed by atoms with Gasteiger partial charge in [0, 0.05) is 42.3 Å². The average Bonchev–Trinajstić information content (AvgIpc) is 2.69. The van der Waals surface area contributed by atoms with E-state index in [-0.39, 0.29) is 33.8 Å². The number of nitrogens with one attached hydrogen (secondary N) is 1. The fraction of sp³-hybridized carbons (Fsp3) is 0.350. The number of amides is 1. The maximum absolute atomic E-state index is 13.8. The number of likely N-dealkylation sites (tertiary alicyclic amines) is 1. The van der Waals surface area contributed by atoms with Crippen molar-refractivity contribution in [2.45, 2.75) is 18.9 Å². The zero-order chi connectivity index (χ0) is 20.5. The van der Waals surface area contributed by atoms with Crippen molar-refractivity contribution < 1.29 is 9.18 Å². The maximum atomic E-state index is 13.8. The van der Waals surface area contributed by atoms with Crippen LogP contribution in [0.2, 0.25) is 5.02 Å². The molecular weight excluding hydrogens is 433 g/mol. The fourth-order valence-corrected chi connectivity index (χ4v) is 5.18. The van der Waals surface area contributed by atoms with Gasteiger partial charge in [-0.05, 0) is 36.6 Å². The van der Waals surface area contributed by atoms with Gasteiger partial charge in [0.25, 0.3) is 5.56 Å². The van der Waals surface area contributed by atoms with Gasteiger partial charge in [0.15, 0.2) is 0 Å². The lowest BCUT2D eigenvalue weighted by atomic mass is 9.83. The van der Waals surface area contributed by atoms with Crippen molar-refractivity contribution >= 4 is 51.5 Å². The predicted molar refractivity (Wildman–Crippen MR) is 118 cm³/mol. The molecule has 0 saturated carbocycles. The minimum Gasteiger partial charge on any atom is -0.356 e. The number of benzene rings is 1. The van der Waals surface area contributed by atoms with Gasteiger partial charge in [-0.1, -0.05) is 41.6 Å². The Kier molecular flexibility index (Phi) is 5.94. The van der Waals surface area contributed by atoms with Crippen LogP contribution in [0.15, 0.2) is 41.2 Å². The molecule has 2 atom stereocenters. The number of halogens is 2. The van der Waals surface area contributed by atoms with Gasteiger partial charge in [-0.2, -0.15) is 0 Å². The molecule has 0 unspecified atom stereocenters. The molecular formula is C20H19ClFN3O2S2. The lowest BCUT2D eigenvalue weighted by Crippen LogP contribution is -2.48. The Hall–Kier alpha value is -1.90. The van der Waals surface area contributed by atoms with Gasteiger partial charge in [0.2, 0.25) is 5.91 Å². The molecule has 152 valence electrons. The van der Waals surface area contributed by atoms with Crippen molar-refractivity contribution in [2.24, 2.45) is 5.92 Å². The number of thiocarbonyl (C=S) groups is 1. The summed E-state index contributed by atoms with van der Waals surface area (Å²) in [6.07, 6.45) is 1.05. The zero-order valence-corrected chi connectivity index (χ0v) is 17.8. The van der Waals surface area contributed by atoms with Crippen molar-refractivity contribution in [3.8, 4) is 0 Å². The van der Waals surface area contributed by atoms with Crippen LogP contribution in [-0.2, 0) is 11.3 Å². The molecule has 2 aliphatic rings. The monoisotopic (exact) mass is 451 g/mol. The number of hydrogen-bond acceptors (Lipinski definition) is 4. The molecule has 1 amide bonds. The predicted octanol–water partition coefficient (Wildman–Crippen LogP) is 3.72. The standard InChI is InChI=1S/C20H19ClFN3O2S2/c21-14-4-5-16(15(22)7-14)23-18(26)11-29-20(28)24-8-12-6-13(10-24)17-2-1-3-19(27)25(17)9-12/h1-5,7,12-13H,6,8-11H2,(H,23,26)/t12-,13-/m1/s1. The third kappa shape index (κ3) is 4.49. The highest BCUT2D eigenvalue weighted by Gasteiger charge is 2.35. The molecule has 29 heavy (non-hydrogen) atoms. The van der Waals surface area contributed by atoms with E-state index < -0.39 is 5.82 Å². The minimum atomic E-state index is -0.573. The van der Waals surface area contributed by atoms with E-state index in [0.29, 0.717) is 16.8 Å². The number of pyridine rings is 1. The summed E-state index contributed by atoms with van der Waals surface area (Å²) in [5.74, 6) is -0.185. The minimum absolute atomic E-state index is 0.0497. The third-order valence-corrected chi connectivity index (χ3v) is 7.03. The quantitative estimate of drug-likeness (QED) is 0.721. The number of anilines is 1. The first-order valence-electron chi connectivity index (χ1n) is 9.27. The van der Waals surface area contributed by atoms with Crippen molar-refractivity contribution in [1.29, 1.82) is 0 Å². The normalized spacial score (nSPS) is 20.1. The number of fused-ring (bicyclic) bond motifs is 4. The van der Waals surface area contributed by atoms with E-state index in [1.54, 1.807) is 12.1 Å². The van der Waals surface area contributed by atoms with Crippen LogP contribution in [0.1, 0.15) is 18.0 Å². The molecule has 2 aromatic rings. The Bertz CT molecular complexity index is 1030. The third-order valence-electron chi connectivity index (χ3n) is 5.27. The van der Waals surface area contributed by atoms with Gasteiger partial charge >= 0.3 is 0 Å². The Morgan fingerprint density at radius 1 is 1.28 bits per heavy atom. The summed E-state index contributed by atoms with van der Waals surface area (Å²) >= 11 is 12.5. The van der Waals surface area contributed by atoms with E-state index in [2.05, 4.69) is 10.2 Å². The Balaban J connectivity index is 1.35. The van der Waals surface area contributed by atoms with Crippen LogP contribution in [0.25, 0.3) is 0 Å². The van der Waals surface area contributed by atoms with E-state index in [0.717, 1.165) is 31.3 Å². The van der Waals surface area contributed by atoms with Gasteiger partial charge in [-0.3, -0.25) is 9.59 Å². The van der Waals surface area contributed by atoms with Crippen molar-refractivity contribution in [3.63, 3.8) is 0 Å². The number of aromatic nitrogens is 1. The molecule has 1 N–H and O–H groups in total. The van der Waals surface area contributed by atoms with Crippen molar-refractivity contribution in [3.05, 3.63) is 63.3 Å². The number of piperidine rings is 1. The second-order valence-electron chi connectivity index (χ2n) is 7.33. The summed E-state index contributed by atoms with van der Waals surface area (Å²) in [4.78, 5) is 26.4. The smallest absolute Gasteiger partial charge is 0.250 e. The van der Waals surface area contributed by atoms with Crippen LogP contribution in [0, 0.1) is 11.7 Å². The van der Waals surface area contributed by atoms with Gasteiger partial charge in [-0.15, -0.1) is 0 Å². The summed E-state index contributed by atoms with van der Waals surface area (Å²) in [6.45, 7) is 2.21. The van der Waals surface area contributed by atoms with Crippen LogP contribution in [0.5, 0.6) is 0 Å². The molecule has 2 aliphatic heterocycles. The molecule has 1 fully saturated rings. The van der Waals surface area contributed by atoms with Gasteiger partial charge in [0.1, 0.15) is 10.1 Å². The summed E-state index contributed by atoms with van der Waals surface area (Å²) in [5, 5.41) is 2.82. The van der Waals surface area contributed by atoms with Crippen molar-refractivity contribution in [2.75, 3.05) is 24.2 Å². The summed E-state index contributed by atoms with van der Waals surface area (Å²) < 4.78 is 16.3. The first kappa shape index (κ1) is 20.4. The lowest BCUT2D eigenvalue weighted by molar-refractivity contribution is -0.113. The van der Waals surface area contributed by atoms with E-state index in [9.17, 15) is 14.0 Å². The second-order valence-corrected chi connectivity index (χ2v) is 9.38. The number of hydrogen-bond donors (Lipinski definition) is 1. The molecule has 4 rings (SSSR count). The topological polar surface area (TPSA) is 54.3 Å². The average molecular weight is 452 g/mol. The van der Waals surface area contributed by atoms with Crippen LogP contribution in [0.4, 0.5) is 10.1 Å². The van der Waals surface area contributed by atoms with E-state index in [4.69, 9.17) is 23.8 Å². The van der Waals surface area contributed by atoms with E-state index in [1.807, 2.05) is 10.6 Å². The van der Waals surface area contributed by atoms with E-state index >= 15 is 0 Å². The van der Waals surface area contributed by atoms with Gasteiger partial charge < -0.3 is 14.8 Å². The molecule has 3 heterocycles. The number of carbonyl (C=O) groups excluding carboxylic acids is 1. The second kappa shape index (κ2) is 8.45. The number of rotatable bonds is 3. The van der Waals surface area contributed by atoms with Crippen LogP contribution in [-0.4, -0.2) is 38.5 Å². The van der Waals surface area contributed by atoms with E-state index in [1.165, 1.54) is 23.9 Å². The van der Waals surface area contributed by atoms with Crippen LogP contribution in [0.3, 0.4) is 0 Å². The Morgan fingerprint density at radius 3 is 2.90 bits per heavy atom. The number of carbonyl (C=O) groups is 1. The summed E-state index contributed by atoms with van der Waals surface area (Å²) in [5.41, 5.74) is 1.20. The maximum Gasteiger partial charge on any atom is 0.250 e. The highest BCUT2D eigenvalue weighted by atomic mass is 35.5. The highest BCUT2D eigenvalue weighted by molar-refractivity contribution is 8.23. The molecule has 1 saturated heterocycles. The Labute approximate surface area is 182 Å². The molecule has 1 aromatic carbocycles. The largest absolute Gasteiger partial charge is 0.356 e. The number of nitrogens with zero attached hydrogens (tertiary/aromatic N) is 2. The fourth-order valence-electron chi connectivity index (χ4n) is 4.04. The highest BCUT2D eigenvalue weighted by Crippen LogP contribution is 2.36. The van der Waals surface area contributed by atoms with Gasteiger partial charge in [-0.25, -0.2) is 4.39 Å². The molecule has 1 aromatic heterocycles. The number of thioether (sulfide) groups is 1. The molecule has 5 nitrogen and oxygen atoms in total. The Morgan fingerprint density at radius 2 is 2.10 bits per heavy atom. The first-order chi connectivity index (χ1) is 13.9. The molecule has 0 spiro atoms. The van der Waals surface area contributed by atoms with Gasteiger partial charge in [0.05, 0.1) is 11.4 Å². The molecule has 0 aliphatic carbocycles. The van der Waals surface area contributed by atoms with Crippen LogP contribution < -0.4 is 10.9 Å². The summed E-state index contributed by atoms with van der Waals surface area (Å²) in [7, 11) is 0. The van der Waals surface area contributed by atoms with Crippen LogP contribution >= 0.6 is 35.6 Å². The molecule has 9 heteroatoms. The molecule has 2 bridgehead atoms. The first-order valence-corrected chi connectivity index (χ1v) is 11.0.